The Balaban J connectivity index is 1.64. The molecule has 0 aliphatic heterocycles. The van der Waals surface area contributed by atoms with E-state index in [2.05, 4.69) is 26.3 Å². The molecule has 4 aromatic rings. The maximum absolute atomic E-state index is 12.7. The second kappa shape index (κ2) is 7.46. The molecule has 136 valence electrons. The van der Waals surface area contributed by atoms with Gasteiger partial charge in [-0.1, -0.05) is 51.8 Å². The number of carbonyl (C=O) groups excluding carboxylic acids is 1. The van der Waals surface area contributed by atoms with Crippen molar-refractivity contribution in [2.45, 2.75) is 13.5 Å². The molecule has 27 heavy (non-hydrogen) atoms. The molecule has 0 aliphatic rings. The number of hydrogen-bond acceptors (Lipinski definition) is 3. The van der Waals surface area contributed by atoms with Crippen molar-refractivity contribution in [2.24, 2.45) is 0 Å². The lowest BCUT2D eigenvalue weighted by molar-refractivity contribution is 0.103. The van der Waals surface area contributed by atoms with Crippen molar-refractivity contribution in [3.63, 3.8) is 0 Å². The largest absolute Gasteiger partial charge is 0.321 e. The van der Waals surface area contributed by atoms with E-state index in [0.717, 1.165) is 31.6 Å². The minimum Gasteiger partial charge on any atom is -0.321 e. The van der Waals surface area contributed by atoms with E-state index >= 15 is 0 Å². The number of nitrogens with zero attached hydrogens (tertiary/aromatic N) is 2. The molecule has 2 aromatic carbocycles. The molecule has 2 heterocycles. The molecule has 0 fully saturated rings. The summed E-state index contributed by atoms with van der Waals surface area (Å²) in [6.07, 6.45) is 0. The zero-order valence-electron chi connectivity index (χ0n) is 14.4. The monoisotopic (exact) mass is 459 g/mol. The number of halogens is 2. The number of aromatic nitrogens is 2. The fourth-order valence-corrected chi connectivity index (χ4v) is 4.53. The topological polar surface area (TPSA) is 46.9 Å². The molecule has 0 unspecified atom stereocenters. The van der Waals surface area contributed by atoms with Crippen LogP contribution in [0.25, 0.3) is 10.2 Å². The van der Waals surface area contributed by atoms with Crippen LogP contribution >= 0.6 is 38.9 Å². The third kappa shape index (κ3) is 3.78. The lowest BCUT2D eigenvalue weighted by atomic mass is 10.2. The number of hydrogen-bond donors (Lipinski definition) is 1. The highest BCUT2D eigenvalue weighted by atomic mass is 79.9. The number of carbonyl (C=O) groups is 1. The van der Waals surface area contributed by atoms with Crippen LogP contribution in [0.1, 0.15) is 20.9 Å². The van der Waals surface area contributed by atoms with Gasteiger partial charge in [0.1, 0.15) is 4.83 Å². The highest BCUT2D eigenvalue weighted by Gasteiger charge is 2.17. The molecule has 0 atom stereocenters. The molecule has 4 rings (SSSR count). The minimum atomic E-state index is -0.127. The molecule has 4 nitrogen and oxygen atoms in total. The maximum Gasteiger partial charge on any atom is 0.265 e. The number of amides is 1. The van der Waals surface area contributed by atoms with Crippen LogP contribution in [0.4, 0.5) is 5.69 Å². The highest BCUT2D eigenvalue weighted by Crippen LogP contribution is 2.30. The average Bonchev–Trinajstić information content (AvgIpc) is 3.19. The second-order valence-electron chi connectivity index (χ2n) is 6.13. The van der Waals surface area contributed by atoms with Crippen molar-refractivity contribution in [3.8, 4) is 0 Å². The van der Waals surface area contributed by atoms with E-state index in [1.165, 1.54) is 11.3 Å². The third-order valence-electron chi connectivity index (χ3n) is 4.19. The number of fused-ring (bicyclic) bond motifs is 1. The van der Waals surface area contributed by atoms with Gasteiger partial charge >= 0.3 is 0 Å². The molecule has 0 saturated carbocycles. The van der Waals surface area contributed by atoms with Gasteiger partial charge in [0.25, 0.3) is 5.91 Å². The van der Waals surface area contributed by atoms with Gasteiger partial charge in [0.2, 0.25) is 0 Å². The SMILES string of the molecule is Cc1nn(Cc2ccccc2Cl)c2sc(C(=O)Nc3cccc(Br)c3)cc12. The molecule has 0 bridgehead atoms. The van der Waals surface area contributed by atoms with Gasteiger partial charge in [-0.3, -0.25) is 9.48 Å². The van der Waals surface area contributed by atoms with Gasteiger partial charge in [-0.2, -0.15) is 5.10 Å². The van der Waals surface area contributed by atoms with Crippen molar-refractivity contribution in [1.82, 2.24) is 9.78 Å². The molecule has 2 aromatic heterocycles. The summed E-state index contributed by atoms with van der Waals surface area (Å²) in [4.78, 5) is 14.3. The van der Waals surface area contributed by atoms with Crippen molar-refractivity contribution in [3.05, 3.63) is 80.2 Å². The Morgan fingerprint density at radius 2 is 2.04 bits per heavy atom. The summed E-state index contributed by atoms with van der Waals surface area (Å²) in [6, 6.07) is 17.2. The highest BCUT2D eigenvalue weighted by molar-refractivity contribution is 9.10. The zero-order chi connectivity index (χ0) is 19.0. The van der Waals surface area contributed by atoms with E-state index in [1.54, 1.807) is 0 Å². The van der Waals surface area contributed by atoms with E-state index in [4.69, 9.17) is 11.6 Å². The van der Waals surface area contributed by atoms with Crippen molar-refractivity contribution >= 4 is 60.7 Å². The van der Waals surface area contributed by atoms with Crippen LogP contribution in [0.15, 0.2) is 59.1 Å². The summed E-state index contributed by atoms with van der Waals surface area (Å²) in [5, 5.41) is 9.25. The summed E-state index contributed by atoms with van der Waals surface area (Å²) in [5.41, 5.74) is 2.65. The Morgan fingerprint density at radius 3 is 2.81 bits per heavy atom. The van der Waals surface area contributed by atoms with Gasteiger partial charge < -0.3 is 5.32 Å². The molecule has 0 saturated heterocycles. The standard InChI is InChI=1S/C20H15BrClN3OS/c1-12-16-10-18(19(26)23-15-7-4-6-14(21)9-15)27-20(16)25(24-12)11-13-5-2-3-8-17(13)22/h2-10H,11H2,1H3,(H,23,26). The fourth-order valence-electron chi connectivity index (χ4n) is 2.88. The van der Waals surface area contributed by atoms with Gasteiger partial charge in [0.15, 0.2) is 0 Å². The average molecular weight is 461 g/mol. The van der Waals surface area contributed by atoms with E-state index in [-0.39, 0.29) is 5.91 Å². The number of anilines is 1. The van der Waals surface area contributed by atoms with Crippen LogP contribution in [0, 0.1) is 6.92 Å². The summed E-state index contributed by atoms with van der Waals surface area (Å²) in [7, 11) is 0. The fraction of sp³-hybridized carbons (Fsp3) is 0.100. The lowest BCUT2D eigenvalue weighted by Crippen LogP contribution is -2.10. The van der Waals surface area contributed by atoms with Gasteiger partial charge in [-0.25, -0.2) is 0 Å². The van der Waals surface area contributed by atoms with Gasteiger partial charge in [-0.15, -0.1) is 11.3 Å². The Kier molecular flexibility index (Phi) is 5.04. The first kappa shape index (κ1) is 18.2. The number of rotatable bonds is 4. The molecule has 7 heteroatoms. The van der Waals surface area contributed by atoms with Crippen LogP contribution in [-0.2, 0) is 6.54 Å². The summed E-state index contributed by atoms with van der Waals surface area (Å²) in [5.74, 6) is -0.127. The molecule has 0 spiro atoms. The van der Waals surface area contributed by atoms with Crippen LogP contribution < -0.4 is 5.32 Å². The number of nitrogens with one attached hydrogen (secondary N) is 1. The van der Waals surface area contributed by atoms with Gasteiger partial charge in [0, 0.05) is 20.6 Å². The molecular formula is C20H15BrClN3OS. The van der Waals surface area contributed by atoms with Crippen LogP contribution in [0.3, 0.4) is 0 Å². The van der Waals surface area contributed by atoms with E-state index < -0.39 is 0 Å². The lowest BCUT2D eigenvalue weighted by Gasteiger charge is -2.05. The minimum absolute atomic E-state index is 0.127. The predicted octanol–water partition coefficient (Wildman–Crippen LogP) is 6.12. The molecule has 0 aliphatic carbocycles. The Bertz CT molecular complexity index is 1150. The van der Waals surface area contributed by atoms with Crippen molar-refractivity contribution in [2.75, 3.05) is 5.32 Å². The third-order valence-corrected chi connectivity index (χ3v) is 6.20. The normalized spacial score (nSPS) is 11.1. The van der Waals surface area contributed by atoms with E-state index in [9.17, 15) is 4.79 Å². The van der Waals surface area contributed by atoms with Crippen LogP contribution in [0.5, 0.6) is 0 Å². The van der Waals surface area contributed by atoms with E-state index in [1.807, 2.05) is 66.2 Å². The summed E-state index contributed by atoms with van der Waals surface area (Å²) >= 11 is 11.1. The number of benzene rings is 2. The van der Waals surface area contributed by atoms with Gasteiger partial charge in [0.05, 0.1) is 17.1 Å². The molecule has 1 N–H and O–H groups in total. The summed E-state index contributed by atoms with van der Waals surface area (Å²) in [6.45, 7) is 2.52. The first-order valence-electron chi connectivity index (χ1n) is 8.28. The number of aryl methyl sites for hydroxylation is 1. The predicted molar refractivity (Wildman–Crippen MR) is 115 cm³/mol. The van der Waals surface area contributed by atoms with Crippen molar-refractivity contribution in [1.29, 1.82) is 0 Å². The van der Waals surface area contributed by atoms with Crippen LogP contribution in [-0.4, -0.2) is 15.7 Å². The first-order chi connectivity index (χ1) is 13.0. The zero-order valence-corrected chi connectivity index (χ0v) is 17.5. The molecule has 0 radical (unpaired) electrons. The number of thiophene rings is 1. The van der Waals surface area contributed by atoms with Crippen molar-refractivity contribution < 1.29 is 4.79 Å². The quantitative estimate of drug-likeness (QED) is 0.398. The Hall–Kier alpha value is -2.15. The smallest absolute Gasteiger partial charge is 0.265 e. The maximum atomic E-state index is 12.7. The second-order valence-corrected chi connectivity index (χ2v) is 8.48. The van der Waals surface area contributed by atoms with Gasteiger partial charge in [-0.05, 0) is 42.8 Å². The van der Waals surface area contributed by atoms with Crippen LogP contribution in [0.2, 0.25) is 5.02 Å². The Morgan fingerprint density at radius 1 is 1.22 bits per heavy atom. The Labute approximate surface area is 173 Å². The van der Waals surface area contributed by atoms with E-state index in [0.29, 0.717) is 16.4 Å². The molecular weight excluding hydrogens is 446 g/mol. The first-order valence-corrected chi connectivity index (χ1v) is 10.3. The molecule has 1 amide bonds. The summed E-state index contributed by atoms with van der Waals surface area (Å²) < 4.78 is 2.83.